The number of halogens is 1. The number of esters is 1. The standard InChI is InChI=1S/C13H15BrO3/c1-9-5-10(8-13(16)17-2)7-11(6-9)12(15)3-4-14/h5-7H,3-4,8H2,1-2H3. The normalized spacial score (nSPS) is 10.1. The first-order valence-electron chi connectivity index (χ1n) is 5.33. The number of hydrogen-bond donors (Lipinski definition) is 0. The molecule has 92 valence electrons. The number of benzene rings is 1. The minimum atomic E-state index is -0.297. The fourth-order valence-corrected chi connectivity index (χ4v) is 1.95. The smallest absolute Gasteiger partial charge is 0.309 e. The monoisotopic (exact) mass is 298 g/mol. The predicted molar refractivity (Wildman–Crippen MR) is 69.6 cm³/mol. The highest BCUT2D eigenvalue weighted by Crippen LogP contribution is 2.13. The van der Waals surface area contributed by atoms with Crippen LogP contribution >= 0.6 is 15.9 Å². The molecular weight excluding hydrogens is 284 g/mol. The van der Waals surface area contributed by atoms with Gasteiger partial charge in [-0.1, -0.05) is 27.6 Å². The van der Waals surface area contributed by atoms with Gasteiger partial charge in [0.2, 0.25) is 0 Å². The fraction of sp³-hybridized carbons (Fsp3) is 0.385. The number of carbonyl (C=O) groups is 2. The van der Waals surface area contributed by atoms with Gasteiger partial charge in [0.1, 0.15) is 0 Å². The molecule has 17 heavy (non-hydrogen) atoms. The van der Waals surface area contributed by atoms with Crippen LogP contribution in [0.1, 0.15) is 27.9 Å². The number of Topliss-reactive ketones (excluding diaryl/α,β-unsaturated/α-hetero) is 1. The van der Waals surface area contributed by atoms with Gasteiger partial charge >= 0.3 is 5.97 Å². The lowest BCUT2D eigenvalue weighted by Gasteiger charge is -2.06. The molecule has 0 aromatic heterocycles. The third kappa shape index (κ3) is 4.30. The maximum atomic E-state index is 11.8. The van der Waals surface area contributed by atoms with E-state index in [-0.39, 0.29) is 18.2 Å². The molecule has 0 fully saturated rings. The summed E-state index contributed by atoms with van der Waals surface area (Å²) in [7, 11) is 1.36. The van der Waals surface area contributed by atoms with Crippen LogP contribution in [0.3, 0.4) is 0 Å². The third-order valence-electron chi connectivity index (χ3n) is 2.36. The van der Waals surface area contributed by atoms with E-state index in [1.54, 1.807) is 6.07 Å². The minimum Gasteiger partial charge on any atom is -0.469 e. The van der Waals surface area contributed by atoms with Crippen molar-refractivity contribution >= 4 is 27.7 Å². The van der Waals surface area contributed by atoms with Crippen LogP contribution in [-0.2, 0) is 16.0 Å². The molecule has 1 aromatic rings. The number of carbonyl (C=O) groups excluding carboxylic acids is 2. The predicted octanol–water partition coefficient (Wildman–Crippen LogP) is 2.68. The summed E-state index contributed by atoms with van der Waals surface area (Å²) in [5, 5.41) is 0.645. The van der Waals surface area contributed by atoms with Crippen molar-refractivity contribution in [3.8, 4) is 0 Å². The molecule has 0 bridgehead atoms. The van der Waals surface area contributed by atoms with Gasteiger partial charge in [0.25, 0.3) is 0 Å². The Hall–Kier alpha value is -1.16. The number of aryl methyl sites for hydroxylation is 1. The Kier molecular flexibility index (Phi) is 5.35. The molecule has 0 unspecified atom stereocenters. The highest BCUT2D eigenvalue weighted by Gasteiger charge is 2.09. The second-order valence-corrected chi connectivity index (χ2v) is 4.62. The van der Waals surface area contributed by atoms with Gasteiger partial charge < -0.3 is 4.74 Å². The van der Waals surface area contributed by atoms with Gasteiger partial charge in [-0.25, -0.2) is 0 Å². The Labute approximate surface area is 109 Å². The molecule has 1 rings (SSSR count). The van der Waals surface area contributed by atoms with E-state index < -0.39 is 0 Å². The summed E-state index contributed by atoms with van der Waals surface area (Å²) >= 11 is 3.24. The Morgan fingerprint density at radius 1 is 1.29 bits per heavy atom. The van der Waals surface area contributed by atoms with E-state index in [4.69, 9.17) is 0 Å². The zero-order valence-corrected chi connectivity index (χ0v) is 11.5. The first-order chi connectivity index (χ1) is 8.06. The van der Waals surface area contributed by atoms with Crippen LogP contribution in [0, 0.1) is 6.92 Å². The molecule has 3 nitrogen and oxygen atoms in total. The SMILES string of the molecule is COC(=O)Cc1cc(C)cc(C(=O)CCBr)c1. The quantitative estimate of drug-likeness (QED) is 0.477. The van der Waals surface area contributed by atoms with Crippen LogP contribution in [0.5, 0.6) is 0 Å². The topological polar surface area (TPSA) is 43.4 Å². The molecule has 0 atom stereocenters. The van der Waals surface area contributed by atoms with Crippen LogP contribution in [0.15, 0.2) is 18.2 Å². The van der Waals surface area contributed by atoms with Gasteiger partial charge in [-0.3, -0.25) is 9.59 Å². The summed E-state index contributed by atoms with van der Waals surface area (Å²) in [5.41, 5.74) is 2.45. The molecule has 0 aliphatic carbocycles. The number of alkyl halides is 1. The highest BCUT2D eigenvalue weighted by atomic mass is 79.9. The van der Waals surface area contributed by atoms with E-state index in [9.17, 15) is 9.59 Å². The lowest BCUT2D eigenvalue weighted by molar-refractivity contribution is -0.139. The van der Waals surface area contributed by atoms with E-state index in [1.165, 1.54) is 7.11 Å². The molecule has 1 aromatic carbocycles. The van der Waals surface area contributed by atoms with E-state index in [1.807, 2.05) is 19.1 Å². The van der Waals surface area contributed by atoms with Gasteiger partial charge in [-0.05, 0) is 24.6 Å². The Bertz CT molecular complexity index is 427. The van der Waals surface area contributed by atoms with Crippen LogP contribution < -0.4 is 0 Å². The van der Waals surface area contributed by atoms with E-state index in [2.05, 4.69) is 20.7 Å². The van der Waals surface area contributed by atoms with Crippen molar-refractivity contribution in [3.05, 3.63) is 34.9 Å². The Morgan fingerprint density at radius 2 is 2.00 bits per heavy atom. The zero-order chi connectivity index (χ0) is 12.8. The van der Waals surface area contributed by atoms with E-state index >= 15 is 0 Å². The summed E-state index contributed by atoms with van der Waals surface area (Å²) in [5.74, 6) is -0.216. The van der Waals surface area contributed by atoms with E-state index in [0.29, 0.717) is 17.3 Å². The van der Waals surface area contributed by atoms with Crippen LogP contribution in [0.2, 0.25) is 0 Å². The van der Waals surface area contributed by atoms with Gasteiger partial charge in [-0.15, -0.1) is 0 Å². The maximum Gasteiger partial charge on any atom is 0.309 e. The maximum absolute atomic E-state index is 11.8. The molecule has 0 aliphatic heterocycles. The van der Waals surface area contributed by atoms with Gasteiger partial charge in [0.15, 0.2) is 5.78 Å². The average Bonchev–Trinajstić information content (AvgIpc) is 2.28. The van der Waals surface area contributed by atoms with Gasteiger partial charge in [0.05, 0.1) is 13.5 Å². The number of rotatable bonds is 5. The molecule has 4 heteroatoms. The Balaban J connectivity index is 2.93. The third-order valence-corrected chi connectivity index (χ3v) is 2.75. The van der Waals surface area contributed by atoms with Gasteiger partial charge in [-0.2, -0.15) is 0 Å². The highest BCUT2D eigenvalue weighted by molar-refractivity contribution is 9.09. The fourth-order valence-electron chi connectivity index (χ4n) is 1.59. The summed E-state index contributed by atoms with van der Waals surface area (Å²) in [6.07, 6.45) is 0.661. The number of hydrogen-bond acceptors (Lipinski definition) is 3. The lowest BCUT2D eigenvalue weighted by atomic mass is 10.0. The molecule has 0 radical (unpaired) electrons. The molecule has 0 saturated carbocycles. The van der Waals surface area contributed by atoms with Crippen molar-refractivity contribution in [2.75, 3.05) is 12.4 Å². The van der Waals surface area contributed by atoms with Crippen LogP contribution in [0.4, 0.5) is 0 Å². The van der Waals surface area contributed by atoms with E-state index in [0.717, 1.165) is 11.1 Å². The van der Waals surface area contributed by atoms with Gasteiger partial charge in [0, 0.05) is 17.3 Å². The minimum absolute atomic E-state index is 0.0803. The lowest BCUT2D eigenvalue weighted by Crippen LogP contribution is -2.07. The first-order valence-corrected chi connectivity index (χ1v) is 6.45. The zero-order valence-electron chi connectivity index (χ0n) is 9.96. The largest absolute Gasteiger partial charge is 0.469 e. The summed E-state index contributed by atoms with van der Waals surface area (Å²) in [6.45, 7) is 1.91. The van der Waals surface area contributed by atoms with Crippen molar-refractivity contribution in [3.63, 3.8) is 0 Å². The molecule has 0 spiro atoms. The van der Waals surface area contributed by atoms with Crippen molar-refractivity contribution in [1.82, 2.24) is 0 Å². The molecular formula is C13H15BrO3. The molecule has 0 heterocycles. The summed E-state index contributed by atoms with van der Waals surface area (Å²) in [4.78, 5) is 22.9. The second kappa shape index (κ2) is 6.55. The Morgan fingerprint density at radius 3 is 2.59 bits per heavy atom. The average molecular weight is 299 g/mol. The molecule has 0 aliphatic rings. The van der Waals surface area contributed by atoms with Crippen molar-refractivity contribution in [2.45, 2.75) is 19.8 Å². The first kappa shape index (κ1) is 13.9. The number of ketones is 1. The van der Waals surface area contributed by atoms with Crippen molar-refractivity contribution < 1.29 is 14.3 Å². The molecule has 0 amide bonds. The second-order valence-electron chi connectivity index (χ2n) is 3.82. The number of ether oxygens (including phenoxy) is 1. The summed E-state index contributed by atoms with van der Waals surface area (Å²) < 4.78 is 4.61. The van der Waals surface area contributed by atoms with Crippen LogP contribution in [-0.4, -0.2) is 24.2 Å². The van der Waals surface area contributed by atoms with Crippen LogP contribution in [0.25, 0.3) is 0 Å². The van der Waals surface area contributed by atoms with Crippen molar-refractivity contribution in [1.29, 1.82) is 0 Å². The van der Waals surface area contributed by atoms with Crippen molar-refractivity contribution in [2.24, 2.45) is 0 Å². The molecule has 0 saturated heterocycles. The number of methoxy groups -OCH3 is 1. The molecule has 0 N–H and O–H groups in total. The summed E-state index contributed by atoms with van der Waals surface area (Å²) in [6, 6.07) is 5.49.